The summed E-state index contributed by atoms with van der Waals surface area (Å²) < 4.78 is 6.96. The molecule has 3 aromatic rings. The molecule has 94 valence electrons. The average molecular weight is 253 g/mol. The first-order chi connectivity index (χ1) is 9.35. The Bertz CT molecular complexity index is 749. The van der Waals surface area contributed by atoms with Crippen molar-refractivity contribution in [3.05, 3.63) is 53.6 Å². The number of nitrogens with zero attached hydrogens (tertiary/aromatic N) is 3. The highest BCUT2D eigenvalue weighted by Gasteiger charge is 2.17. The van der Waals surface area contributed by atoms with Crippen LogP contribution in [-0.2, 0) is 0 Å². The van der Waals surface area contributed by atoms with Crippen LogP contribution < -0.4 is 4.74 Å². The number of nitroso groups, excluding NO2 is 1. The number of methoxy groups -OCH3 is 1. The summed E-state index contributed by atoms with van der Waals surface area (Å²) in [6.45, 7) is 0. The first-order valence-corrected chi connectivity index (χ1v) is 5.79. The van der Waals surface area contributed by atoms with E-state index in [-0.39, 0.29) is 5.82 Å². The number of fused-ring (bicyclic) bond motifs is 1. The van der Waals surface area contributed by atoms with Gasteiger partial charge in [0.2, 0.25) is 5.82 Å². The van der Waals surface area contributed by atoms with E-state index in [1.807, 2.05) is 42.5 Å². The van der Waals surface area contributed by atoms with Gasteiger partial charge in [-0.05, 0) is 29.4 Å². The minimum Gasteiger partial charge on any atom is -0.496 e. The molecule has 0 aliphatic rings. The van der Waals surface area contributed by atoms with Crippen LogP contribution in [0.2, 0.25) is 0 Å². The molecular weight excluding hydrogens is 242 g/mol. The molecule has 0 radical (unpaired) electrons. The van der Waals surface area contributed by atoms with E-state index in [1.54, 1.807) is 17.7 Å². The molecule has 1 aromatic carbocycles. The highest BCUT2D eigenvalue weighted by molar-refractivity contribution is 5.78. The van der Waals surface area contributed by atoms with Gasteiger partial charge in [-0.2, -0.15) is 0 Å². The Balaban J connectivity index is 2.33. The zero-order valence-corrected chi connectivity index (χ0v) is 10.3. The molecule has 0 saturated carbocycles. The quantitative estimate of drug-likeness (QED) is 0.672. The zero-order valence-electron chi connectivity index (χ0n) is 10.3. The second kappa shape index (κ2) is 4.53. The Labute approximate surface area is 109 Å². The van der Waals surface area contributed by atoms with Crippen LogP contribution in [0.25, 0.3) is 16.9 Å². The van der Waals surface area contributed by atoms with Gasteiger partial charge >= 0.3 is 0 Å². The summed E-state index contributed by atoms with van der Waals surface area (Å²) in [4.78, 5) is 15.6. The molecule has 2 aromatic heterocycles. The molecule has 0 spiro atoms. The average Bonchev–Trinajstić information content (AvgIpc) is 2.85. The van der Waals surface area contributed by atoms with Crippen molar-refractivity contribution in [1.29, 1.82) is 0 Å². The van der Waals surface area contributed by atoms with Crippen LogP contribution in [0.5, 0.6) is 5.75 Å². The summed E-state index contributed by atoms with van der Waals surface area (Å²) in [5.41, 5.74) is 1.96. The standard InChI is InChI=1S/C14H11N3O2/c1-19-11-7-3-2-6-10(11)13-14(16-18)17-9-5-4-8-12(17)15-13/h2-9H,1H3. The Kier molecular flexibility index (Phi) is 2.72. The monoisotopic (exact) mass is 253 g/mol. The number of aromatic nitrogens is 2. The second-order valence-corrected chi connectivity index (χ2v) is 4.00. The molecule has 5 nitrogen and oxygen atoms in total. The lowest BCUT2D eigenvalue weighted by molar-refractivity contribution is 0.416. The molecule has 2 heterocycles. The molecule has 0 bridgehead atoms. The second-order valence-electron chi connectivity index (χ2n) is 4.00. The number of imidazole rings is 1. The number of benzene rings is 1. The molecule has 0 amide bonds. The Morgan fingerprint density at radius 1 is 1.16 bits per heavy atom. The largest absolute Gasteiger partial charge is 0.496 e. The van der Waals surface area contributed by atoms with Gasteiger partial charge in [-0.1, -0.05) is 18.2 Å². The number of rotatable bonds is 3. The lowest BCUT2D eigenvalue weighted by Crippen LogP contribution is -1.87. The molecule has 0 aliphatic carbocycles. The van der Waals surface area contributed by atoms with Crippen molar-refractivity contribution >= 4 is 11.5 Å². The van der Waals surface area contributed by atoms with Crippen molar-refractivity contribution in [2.24, 2.45) is 5.18 Å². The first-order valence-electron chi connectivity index (χ1n) is 5.79. The van der Waals surface area contributed by atoms with Gasteiger partial charge in [-0.25, -0.2) is 4.98 Å². The maximum Gasteiger partial charge on any atom is 0.209 e. The smallest absolute Gasteiger partial charge is 0.209 e. The zero-order chi connectivity index (χ0) is 13.2. The highest BCUT2D eigenvalue weighted by Crippen LogP contribution is 2.36. The Morgan fingerprint density at radius 2 is 1.95 bits per heavy atom. The molecule has 0 unspecified atom stereocenters. The van der Waals surface area contributed by atoms with Gasteiger partial charge in [-0.15, -0.1) is 4.91 Å². The highest BCUT2D eigenvalue weighted by atomic mass is 16.5. The van der Waals surface area contributed by atoms with E-state index < -0.39 is 0 Å². The van der Waals surface area contributed by atoms with Crippen LogP contribution in [0.4, 0.5) is 5.82 Å². The van der Waals surface area contributed by atoms with Crippen molar-refractivity contribution < 1.29 is 4.74 Å². The van der Waals surface area contributed by atoms with Crippen molar-refractivity contribution in [2.45, 2.75) is 0 Å². The predicted molar refractivity (Wildman–Crippen MR) is 72.6 cm³/mol. The predicted octanol–water partition coefficient (Wildman–Crippen LogP) is 3.41. The summed E-state index contributed by atoms with van der Waals surface area (Å²) in [7, 11) is 1.59. The molecule has 0 atom stereocenters. The summed E-state index contributed by atoms with van der Waals surface area (Å²) in [6.07, 6.45) is 1.76. The van der Waals surface area contributed by atoms with Crippen LogP contribution in [0, 0.1) is 4.91 Å². The van der Waals surface area contributed by atoms with Gasteiger partial charge in [0.05, 0.1) is 7.11 Å². The Hall–Kier alpha value is -2.69. The van der Waals surface area contributed by atoms with Gasteiger partial charge in [0.25, 0.3) is 0 Å². The summed E-state index contributed by atoms with van der Waals surface area (Å²) in [5.74, 6) is 0.941. The van der Waals surface area contributed by atoms with Crippen LogP contribution in [0.1, 0.15) is 0 Å². The maximum absolute atomic E-state index is 11.1. The maximum atomic E-state index is 11.1. The van der Waals surface area contributed by atoms with Gasteiger partial charge in [0, 0.05) is 11.8 Å². The minimum atomic E-state index is 0.278. The topological polar surface area (TPSA) is 56.0 Å². The fourth-order valence-electron chi connectivity index (χ4n) is 2.09. The van der Waals surface area contributed by atoms with Crippen molar-refractivity contribution in [2.75, 3.05) is 7.11 Å². The summed E-state index contributed by atoms with van der Waals surface area (Å²) >= 11 is 0. The molecular formula is C14H11N3O2. The van der Waals surface area contributed by atoms with E-state index in [4.69, 9.17) is 4.74 Å². The van der Waals surface area contributed by atoms with Gasteiger partial charge in [-0.3, -0.25) is 4.40 Å². The molecule has 0 saturated heterocycles. The molecule has 5 heteroatoms. The molecule has 0 fully saturated rings. The van der Waals surface area contributed by atoms with E-state index in [1.165, 1.54) is 0 Å². The van der Waals surface area contributed by atoms with Gasteiger partial charge < -0.3 is 4.74 Å². The minimum absolute atomic E-state index is 0.278. The SMILES string of the molecule is COc1ccccc1-c1nc2ccccn2c1N=O. The van der Waals surface area contributed by atoms with Gasteiger partial charge in [0.15, 0.2) is 0 Å². The van der Waals surface area contributed by atoms with E-state index >= 15 is 0 Å². The van der Waals surface area contributed by atoms with Crippen LogP contribution >= 0.6 is 0 Å². The van der Waals surface area contributed by atoms with E-state index in [0.29, 0.717) is 17.1 Å². The van der Waals surface area contributed by atoms with Crippen LogP contribution in [-0.4, -0.2) is 16.5 Å². The van der Waals surface area contributed by atoms with Crippen molar-refractivity contribution in [3.63, 3.8) is 0 Å². The van der Waals surface area contributed by atoms with Crippen molar-refractivity contribution in [1.82, 2.24) is 9.38 Å². The Morgan fingerprint density at radius 3 is 2.74 bits per heavy atom. The molecule has 3 rings (SSSR count). The number of hydrogen-bond donors (Lipinski definition) is 0. The van der Waals surface area contributed by atoms with Gasteiger partial charge in [0.1, 0.15) is 17.1 Å². The number of hydrogen-bond acceptors (Lipinski definition) is 4. The van der Waals surface area contributed by atoms with E-state index in [9.17, 15) is 4.91 Å². The molecule has 0 N–H and O–H groups in total. The first kappa shape index (κ1) is 11.4. The fraction of sp³-hybridized carbons (Fsp3) is 0.0714. The third-order valence-electron chi connectivity index (χ3n) is 2.95. The third-order valence-corrected chi connectivity index (χ3v) is 2.95. The summed E-state index contributed by atoms with van der Waals surface area (Å²) in [6, 6.07) is 12.9. The third kappa shape index (κ3) is 1.76. The van der Waals surface area contributed by atoms with E-state index in [2.05, 4.69) is 10.2 Å². The number of pyridine rings is 1. The van der Waals surface area contributed by atoms with Crippen LogP contribution in [0.3, 0.4) is 0 Å². The van der Waals surface area contributed by atoms with E-state index in [0.717, 1.165) is 5.56 Å². The summed E-state index contributed by atoms with van der Waals surface area (Å²) in [5, 5.41) is 3.11. The fourth-order valence-corrected chi connectivity index (χ4v) is 2.09. The van der Waals surface area contributed by atoms with Crippen LogP contribution in [0.15, 0.2) is 53.8 Å². The number of ether oxygens (including phenoxy) is 1. The normalized spacial score (nSPS) is 10.6. The lowest BCUT2D eigenvalue weighted by Gasteiger charge is -2.05. The number of para-hydroxylation sites is 1. The molecule has 0 aliphatic heterocycles. The lowest BCUT2D eigenvalue weighted by atomic mass is 10.1. The van der Waals surface area contributed by atoms with Crippen molar-refractivity contribution in [3.8, 4) is 17.0 Å². The molecule has 19 heavy (non-hydrogen) atoms.